The van der Waals surface area contributed by atoms with E-state index in [0.717, 1.165) is 18.3 Å². The van der Waals surface area contributed by atoms with Gasteiger partial charge in [-0.3, -0.25) is 10.5 Å². The van der Waals surface area contributed by atoms with Gasteiger partial charge in [-0.05, 0) is 38.7 Å². The molecule has 1 aromatic carbocycles. The molecule has 0 amide bonds. The Morgan fingerprint density at radius 3 is 2.36 bits per heavy atom. The second-order valence-corrected chi connectivity index (χ2v) is 8.20. The van der Waals surface area contributed by atoms with Crippen molar-refractivity contribution in [2.45, 2.75) is 83.3 Å². The lowest BCUT2D eigenvalue weighted by atomic mass is 9.83. The van der Waals surface area contributed by atoms with Gasteiger partial charge in [0.25, 0.3) is 0 Å². The van der Waals surface area contributed by atoms with E-state index in [9.17, 15) is 4.79 Å². The Hall–Kier alpha value is -1.23. The fourth-order valence-corrected chi connectivity index (χ4v) is 3.46. The zero-order chi connectivity index (χ0) is 18.3. The van der Waals surface area contributed by atoms with E-state index in [2.05, 4.69) is 0 Å². The zero-order valence-corrected chi connectivity index (χ0v) is 15.9. The summed E-state index contributed by atoms with van der Waals surface area (Å²) < 4.78 is 12.1. The lowest BCUT2D eigenvalue weighted by Crippen LogP contribution is -2.58. The Kier molecular flexibility index (Phi) is 7.17. The molecule has 4 heteroatoms. The van der Waals surface area contributed by atoms with Crippen molar-refractivity contribution >= 4 is 6.29 Å². The number of aldehydes is 1. The Balaban J connectivity index is 2.10. The fourth-order valence-electron chi connectivity index (χ4n) is 3.46. The van der Waals surface area contributed by atoms with Crippen molar-refractivity contribution in [3.8, 4) is 0 Å². The lowest BCUT2D eigenvalue weighted by molar-refractivity contribution is -0.188. The van der Waals surface area contributed by atoms with Gasteiger partial charge in [0.05, 0.1) is 12.2 Å². The molecule has 1 aliphatic rings. The number of benzene rings is 1. The summed E-state index contributed by atoms with van der Waals surface area (Å²) in [6.45, 7) is 6.26. The molecule has 2 atom stereocenters. The highest BCUT2D eigenvalue weighted by Gasteiger charge is 2.41. The second-order valence-electron chi connectivity index (χ2n) is 8.20. The van der Waals surface area contributed by atoms with Gasteiger partial charge in [-0.15, -0.1) is 0 Å². The Morgan fingerprint density at radius 1 is 1.16 bits per heavy atom. The number of carbonyl (C=O) groups excluding carboxylic acids is 1. The minimum Gasteiger partial charge on any atom is -0.368 e. The first-order chi connectivity index (χ1) is 11.8. The maximum absolute atomic E-state index is 11.9. The smallest absolute Gasteiger partial charge is 0.199 e. The summed E-state index contributed by atoms with van der Waals surface area (Å²) in [7, 11) is 0. The van der Waals surface area contributed by atoms with Gasteiger partial charge in [0.1, 0.15) is 6.10 Å². The summed E-state index contributed by atoms with van der Waals surface area (Å²) in [4.78, 5) is 11.9. The van der Waals surface area contributed by atoms with Gasteiger partial charge in [-0.25, -0.2) is 0 Å². The maximum Gasteiger partial charge on any atom is 0.199 e. The van der Waals surface area contributed by atoms with E-state index in [1.165, 1.54) is 32.1 Å². The van der Waals surface area contributed by atoms with Gasteiger partial charge in [0, 0.05) is 0 Å². The molecule has 0 saturated heterocycles. The monoisotopic (exact) mass is 347 g/mol. The van der Waals surface area contributed by atoms with E-state index < -0.39 is 11.8 Å². The molecule has 1 aliphatic carbocycles. The Labute approximate surface area is 152 Å². The predicted molar refractivity (Wildman–Crippen MR) is 100 cm³/mol. The van der Waals surface area contributed by atoms with Crippen molar-refractivity contribution in [1.29, 1.82) is 0 Å². The van der Waals surface area contributed by atoms with E-state index in [1.54, 1.807) is 0 Å². The van der Waals surface area contributed by atoms with Crippen LogP contribution in [0, 0.1) is 5.92 Å². The van der Waals surface area contributed by atoms with Crippen LogP contribution in [0.4, 0.5) is 0 Å². The standard InChI is InChI=1S/C21H33NO3/c1-20(2,3)25-19(14-17-10-6-4-7-11-17)21(22,16-23)24-15-18-12-8-5-9-13-18/h5,8-9,12-13,16-17,19H,4,6-7,10-11,14-15,22H2,1-3H3. The van der Waals surface area contributed by atoms with E-state index in [1.807, 2.05) is 51.1 Å². The van der Waals surface area contributed by atoms with Crippen molar-refractivity contribution < 1.29 is 14.3 Å². The van der Waals surface area contributed by atoms with Crippen molar-refractivity contribution in [3.63, 3.8) is 0 Å². The summed E-state index contributed by atoms with van der Waals surface area (Å²) in [5, 5.41) is 0. The SMILES string of the molecule is CC(C)(C)OC(CC1CCCCC1)C(N)(C=O)OCc1ccccc1. The van der Waals surface area contributed by atoms with Crippen LogP contribution >= 0.6 is 0 Å². The number of ether oxygens (including phenoxy) is 2. The lowest BCUT2D eigenvalue weighted by Gasteiger charge is -2.39. The molecule has 0 spiro atoms. The van der Waals surface area contributed by atoms with E-state index >= 15 is 0 Å². The van der Waals surface area contributed by atoms with Crippen LogP contribution in [-0.2, 0) is 20.9 Å². The molecule has 25 heavy (non-hydrogen) atoms. The molecule has 140 valence electrons. The van der Waals surface area contributed by atoms with Crippen molar-refractivity contribution in [2.24, 2.45) is 11.7 Å². The van der Waals surface area contributed by atoms with Crippen LogP contribution in [0.2, 0.25) is 0 Å². The molecule has 2 N–H and O–H groups in total. The van der Waals surface area contributed by atoms with E-state index in [0.29, 0.717) is 12.5 Å². The van der Waals surface area contributed by atoms with Gasteiger partial charge in [0.15, 0.2) is 12.0 Å². The summed E-state index contributed by atoms with van der Waals surface area (Å²) in [5.74, 6) is 0.546. The summed E-state index contributed by atoms with van der Waals surface area (Å²) >= 11 is 0. The molecule has 0 bridgehead atoms. The molecule has 2 rings (SSSR count). The summed E-state index contributed by atoms with van der Waals surface area (Å²) in [6, 6.07) is 9.78. The molecule has 0 heterocycles. The molecule has 2 unspecified atom stereocenters. The molecule has 0 radical (unpaired) electrons. The number of nitrogens with two attached hydrogens (primary N) is 1. The third-order valence-corrected chi connectivity index (χ3v) is 4.79. The highest BCUT2D eigenvalue weighted by molar-refractivity contribution is 5.62. The summed E-state index contributed by atoms with van der Waals surface area (Å²) in [5.41, 5.74) is 5.57. The molecular formula is C21H33NO3. The van der Waals surface area contributed by atoms with E-state index in [4.69, 9.17) is 15.2 Å². The third kappa shape index (κ3) is 6.53. The van der Waals surface area contributed by atoms with Gasteiger partial charge >= 0.3 is 0 Å². The minimum atomic E-state index is -1.43. The normalized spacial score (nSPS) is 20.0. The van der Waals surface area contributed by atoms with Crippen LogP contribution in [0.3, 0.4) is 0 Å². The second kappa shape index (κ2) is 8.93. The largest absolute Gasteiger partial charge is 0.368 e. The average Bonchev–Trinajstić information content (AvgIpc) is 2.60. The van der Waals surface area contributed by atoms with Gasteiger partial charge in [-0.1, -0.05) is 62.4 Å². The first kappa shape index (κ1) is 20.1. The van der Waals surface area contributed by atoms with Gasteiger partial charge in [0.2, 0.25) is 0 Å². The van der Waals surface area contributed by atoms with Crippen LogP contribution in [0.15, 0.2) is 30.3 Å². The van der Waals surface area contributed by atoms with Crippen LogP contribution in [0.1, 0.15) is 64.9 Å². The first-order valence-corrected chi connectivity index (χ1v) is 9.43. The molecular weight excluding hydrogens is 314 g/mol. The quantitative estimate of drug-likeness (QED) is 0.565. The van der Waals surface area contributed by atoms with Crippen LogP contribution in [0.5, 0.6) is 0 Å². The summed E-state index contributed by atoms with van der Waals surface area (Å²) in [6.07, 6.45) is 7.18. The molecule has 4 nitrogen and oxygen atoms in total. The topological polar surface area (TPSA) is 61.5 Å². The zero-order valence-electron chi connectivity index (χ0n) is 15.9. The molecule has 1 saturated carbocycles. The van der Waals surface area contributed by atoms with Crippen LogP contribution < -0.4 is 5.73 Å². The fraction of sp³-hybridized carbons (Fsp3) is 0.667. The highest BCUT2D eigenvalue weighted by atomic mass is 16.6. The first-order valence-electron chi connectivity index (χ1n) is 9.43. The van der Waals surface area contributed by atoms with Gasteiger partial charge < -0.3 is 9.47 Å². The maximum atomic E-state index is 11.9. The van der Waals surface area contributed by atoms with Crippen molar-refractivity contribution in [3.05, 3.63) is 35.9 Å². The number of carbonyl (C=O) groups is 1. The van der Waals surface area contributed by atoms with E-state index in [-0.39, 0.29) is 5.60 Å². The highest BCUT2D eigenvalue weighted by Crippen LogP contribution is 2.32. The van der Waals surface area contributed by atoms with Crippen LogP contribution in [0.25, 0.3) is 0 Å². The average molecular weight is 347 g/mol. The molecule has 1 aromatic rings. The number of hydrogen-bond donors (Lipinski definition) is 1. The third-order valence-electron chi connectivity index (χ3n) is 4.79. The Bertz CT molecular complexity index is 520. The van der Waals surface area contributed by atoms with Crippen molar-refractivity contribution in [2.75, 3.05) is 0 Å². The molecule has 0 aromatic heterocycles. The van der Waals surface area contributed by atoms with Crippen molar-refractivity contribution in [1.82, 2.24) is 0 Å². The Morgan fingerprint density at radius 2 is 1.80 bits per heavy atom. The molecule has 0 aliphatic heterocycles. The van der Waals surface area contributed by atoms with Gasteiger partial charge in [-0.2, -0.15) is 0 Å². The van der Waals surface area contributed by atoms with Crippen LogP contribution in [-0.4, -0.2) is 23.7 Å². The molecule has 1 fully saturated rings. The predicted octanol–water partition coefficient (Wildman–Crippen LogP) is 4.21. The number of hydrogen-bond acceptors (Lipinski definition) is 4. The number of rotatable bonds is 8. The minimum absolute atomic E-state index is 0.296.